The van der Waals surface area contributed by atoms with Crippen molar-refractivity contribution in [3.8, 4) is 0 Å². The number of benzene rings is 1. The smallest absolute Gasteiger partial charge is 0.336 e. The van der Waals surface area contributed by atoms with E-state index in [2.05, 4.69) is 19.2 Å². The number of hydrogen-bond acceptors (Lipinski definition) is 5. The fourth-order valence-corrected chi connectivity index (χ4v) is 4.21. The second-order valence-electron chi connectivity index (χ2n) is 8.67. The molecular weight excluding hydrogens is 366 g/mol. The predicted molar refractivity (Wildman–Crippen MR) is 112 cm³/mol. The molecule has 1 unspecified atom stereocenters. The first-order valence-electron chi connectivity index (χ1n) is 10.3. The number of nitrogens with one attached hydrogen (secondary N) is 1. The van der Waals surface area contributed by atoms with E-state index >= 15 is 0 Å². The molecule has 1 aromatic carbocycles. The molecule has 5 heteroatoms. The third-order valence-electron chi connectivity index (χ3n) is 5.54. The first kappa shape index (κ1) is 21.3. The Bertz CT molecular complexity index is 861. The fourth-order valence-electron chi connectivity index (χ4n) is 4.21. The van der Waals surface area contributed by atoms with E-state index in [0.717, 1.165) is 28.9 Å². The normalized spacial score (nSPS) is 21.0. The van der Waals surface area contributed by atoms with Gasteiger partial charge in [-0.1, -0.05) is 43.7 Å². The number of dihydropyridines is 1. The molecule has 0 fully saturated rings. The summed E-state index contributed by atoms with van der Waals surface area (Å²) in [6, 6.07) is 8.04. The maximum atomic E-state index is 13.2. The summed E-state index contributed by atoms with van der Waals surface area (Å²) < 4.78 is 10.8. The number of hydrogen-bond donors (Lipinski definition) is 1. The molecule has 0 amide bonds. The first-order valence-corrected chi connectivity index (χ1v) is 10.3. The zero-order chi connectivity index (χ0) is 21.2. The van der Waals surface area contributed by atoms with Crippen LogP contribution in [0.15, 0.2) is 46.8 Å². The summed E-state index contributed by atoms with van der Waals surface area (Å²) in [6.45, 7) is 11.1. The summed E-state index contributed by atoms with van der Waals surface area (Å²) in [5.74, 6) is -0.707. The number of carbonyl (C=O) groups excluding carboxylic acids is 2. The Morgan fingerprint density at radius 1 is 1.14 bits per heavy atom. The molecule has 1 aliphatic heterocycles. The molecule has 0 spiro atoms. The zero-order valence-electron chi connectivity index (χ0n) is 18.1. The molecule has 1 heterocycles. The highest BCUT2D eigenvalue weighted by molar-refractivity contribution is 6.04. The van der Waals surface area contributed by atoms with Crippen molar-refractivity contribution in [3.05, 3.63) is 57.9 Å². The lowest BCUT2D eigenvalue weighted by atomic mass is 9.68. The highest BCUT2D eigenvalue weighted by atomic mass is 16.6. The van der Waals surface area contributed by atoms with Gasteiger partial charge >= 0.3 is 5.97 Å². The van der Waals surface area contributed by atoms with Crippen molar-refractivity contribution >= 4 is 11.8 Å². The van der Waals surface area contributed by atoms with Crippen molar-refractivity contribution in [2.24, 2.45) is 5.41 Å². The lowest BCUT2D eigenvalue weighted by molar-refractivity contribution is -0.140. The first-order chi connectivity index (χ1) is 13.7. The Labute approximate surface area is 173 Å². The lowest BCUT2D eigenvalue weighted by Gasteiger charge is -2.39. The molecule has 0 radical (unpaired) electrons. The molecule has 0 aromatic heterocycles. The topological polar surface area (TPSA) is 64.6 Å². The Morgan fingerprint density at radius 2 is 1.83 bits per heavy atom. The third kappa shape index (κ3) is 4.61. The number of carbonyl (C=O) groups is 2. The maximum Gasteiger partial charge on any atom is 0.336 e. The molecule has 156 valence electrons. The van der Waals surface area contributed by atoms with Gasteiger partial charge in [-0.15, -0.1) is 0 Å². The van der Waals surface area contributed by atoms with E-state index in [-0.39, 0.29) is 17.8 Å². The summed E-state index contributed by atoms with van der Waals surface area (Å²) in [5, 5.41) is 3.35. The number of rotatable bonds is 6. The second kappa shape index (κ2) is 8.54. The van der Waals surface area contributed by atoms with Gasteiger partial charge in [-0.3, -0.25) is 4.79 Å². The van der Waals surface area contributed by atoms with Gasteiger partial charge in [0.1, 0.15) is 6.61 Å². The maximum absolute atomic E-state index is 13.2. The van der Waals surface area contributed by atoms with Crippen LogP contribution >= 0.6 is 0 Å². The van der Waals surface area contributed by atoms with Crippen LogP contribution in [-0.2, 0) is 19.1 Å². The van der Waals surface area contributed by atoms with Crippen molar-refractivity contribution in [1.29, 1.82) is 0 Å². The molecule has 5 nitrogen and oxygen atoms in total. The number of esters is 1. The van der Waals surface area contributed by atoms with E-state index in [4.69, 9.17) is 9.47 Å². The Kier molecular flexibility index (Phi) is 6.27. The Balaban J connectivity index is 2.01. The van der Waals surface area contributed by atoms with E-state index in [1.54, 1.807) is 0 Å². The van der Waals surface area contributed by atoms with Gasteiger partial charge in [0.25, 0.3) is 0 Å². The fraction of sp³-hybridized carbons (Fsp3) is 0.500. The van der Waals surface area contributed by atoms with Crippen LogP contribution in [0.2, 0.25) is 0 Å². The summed E-state index contributed by atoms with van der Waals surface area (Å²) in [7, 11) is 0. The SMILES string of the molecule is CCOCCOC(=O)C1=C(C)NC2=C(C(=O)CC(C)(C)C2)C1c1ccc(C)cc1. The van der Waals surface area contributed by atoms with E-state index in [9.17, 15) is 9.59 Å². The molecule has 1 aromatic rings. The number of ketones is 1. The molecule has 3 rings (SSSR count). The molecule has 0 saturated carbocycles. The summed E-state index contributed by atoms with van der Waals surface area (Å²) >= 11 is 0. The van der Waals surface area contributed by atoms with E-state index in [0.29, 0.717) is 30.8 Å². The second-order valence-corrected chi connectivity index (χ2v) is 8.67. The van der Waals surface area contributed by atoms with Crippen LogP contribution in [0, 0.1) is 12.3 Å². The van der Waals surface area contributed by atoms with Crippen molar-refractivity contribution in [3.63, 3.8) is 0 Å². The Hall–Kier alpha value is -2.40. The van der Waals surface area contributed by atoms with Gasteiger partial charge in [0.2, 0.25) is 0 Å². The minimum atomic E-state index is -0.407. The quantitative estimate of drug-likeness (QED) is 0.576. The molecule has 0 bridgehead atoms. The van der Waals surface area contributed by atoms with Crippen LogP contribution < -0.4 is 5.32 Å². The zero-order valence-corrected chi connectivity index (χ0v) is 18.1. The number of aryl methyl sites for hydroxylation is 1. The van der Waals surface area contributed by atoms with Gasteiger partial charge < -0.3 is 14.8 Å². The van der Waals surface area contributed by atoms with Gasteiger partial charge in [0, 0.05) is 35.9 Å². The minimum Gasteiger partial charge on any atom is -0.460 e. The monoisotopic (exact) mass is 397 g/mol. The van der Waals surface area contributed by atoms with E-state index < -0.39 is 11.9 Å². The van der Waals surface area contributed by atoms with Crippen molar-refractivity contribution in [2.75, 3.05) is 19.8 Å². The van der Waals surface area contributed by atoms with Gasteiger partial charge in [-0.2, -0.15) is 0 Å². The molecular formula is C24H31NO4. The number of ether oxygens (including phenoxy) is 2. The molecule has 29 heavy (non-hydrogen) atoms. The standard InChI is InChI=1S/C24H31NO4/c1-6-28-11-12-29-23(27)20-16(3)25-18-13-24(4,5)14-19(26)22(18)21(20)17-9-7-15(2)8-10-17/h7-10,21,25H,6,11-14H2,1-5H3. The largest absolute Gasteiger partial charge is 0.460 e. The van der Waals surface area contributed by atoms with Crippen LogP contribution in [0.5, 0.6) is 0 Å². The molecule has 1 N–H and O–H groups in total. The average molecular weight is 398 g/mol. The summed E-state index contributed by atoms with van der Waals surface area (Å²) in [5.41, 5.74) is 4.87. The van der Waals surface area contributed by atoms with E-state index in [1.165, 1.54) is 0 Å². The van der Waals surface area contributed by atoms with Crippen LogP contribution in [0.3, 0.4) is 0 Å². The van der Waals surface area contributed by atoms with Gasteiger partial charge in [0.05, 0.1) is 12.2 Å². The van der Waals surface area contributed by atoms with Crippen molar-refractivity contribution < 1.29 is 19.1 Å². The van der Waals surface area contributed by atoms with Crippen LogP contribution in [0.4, 0.5) is 0 Å². The van der Waals surface area contributed by atoms with E-state index in [1.807, 2.05) is 45.0 Å². The molecule has 1 aliphatic carbocycles. The van der Waals surface area contributed by atoms with Gasteiger partial charge in [-0.25, -0.2) is 4.79 Å². The van der Waals surface area contributed by atoms with Crippen LogP contribution in [0.1, 0.15) is 57.6 Å². The summed E-state index contributed by atoms with van der Waals surface area (Å²) in [6.07, 6.45) is 1.25. The third-order valence-corrected chi connectivity index (χ3v) is 5.54. The average Bonchev–Trinajstić information content (AvgIpc) is 2.63. The highest BCUT2D eigenvalue weighted by Crippen LogP contribution is 2.46. The van der Waals surface area contributed by atoms with Crippen LogP contribution in [0.25, 0.3) is 0 Å². The number of Topliss-reactive ketones (excluding diaryl/α,β-unsaturated/α-hetero) is 1. The van der Waals surface area contributed by atoms with Gasteiger partial charge in [-0.05, 0) is 38.2 Å². The minimum absolute atomic E-state index is 0.0986. The lowest BCUT2D eigenvalue weighted by Crippen LogP contribution is -2.38. The van der Waals surface area contributed by atoms with Crippen molar-refractivity contribution in [1.82, 2.24) is 5.32 Å². The highest BCUT2D eigenvalue weighted by Gasteiger charge is 2.43. The van der Waals surface area contributed by atoms with Crippen LogP contribution in [-0.4, -0.2) is 31.6 Å². The molecule has 2 aliphatic rings. The Morgan fingerprint density at radius 3 is 2.48 bits per heavy atom. The molecule has 0 saturated heterocycles. The van der Waals surface area contributed by atoms with Gasteiger partial charge in [0.15, 0.2) is 5.78 Å². The predicted octanol–water partition coefficient (Wildman–Crippen LogP) is 4.18. The summed E-state index contributed by atoms with van der Waals surface area (Å²) in [4.78, 5) is 26.2. The van der Waals surface area contributed by atoms with Crippen molar-refractivity contribution in [2.45, 2.75) is 53.4 Å². The number of allylic oxidation sites excluding steroid dienone is 3. The molecule has 1 atom stereocenters.